The van der Waals surface area contributed by atoms with Crippen LogP contribution in [0, 0.1) is 5.41 Å². The fourth-order valence-electron chi connectivity index (χ4n) is 2.91. The van der Waals surface area contributed by atoms with E-state index in [4.69, 9.17) is 4.74 Å². The van der Waals surface area contributed by atoms with Gasteiger partial charge in [0.15, 0.2) is 0 Å². The van der Waals surface area contributed by atoms with E-state index in [1.54, 1.807) is 0 Å². The van der Waals surface area contributed by atoms with E-state index in [1.165, 1.54) is 38.8 Å². The van der Waals surface area contributed by atoms with Crippen LogP contribution >= 0.6 is 0 Å². The Labute approximate surface area is 100 Å². The van der Waals surface area contributed by atoms with Crippen molar-refractivity contribution in [3.8, 4) is 0 Å². The molecular weight excluding hydrogens is 198 g/mol. The molecule has 0 N–H and O–H groups in total. The highest BCUT2D eigenvalue weighted by Crippen LogP contribution is 2.51. The predicted molar refractivity (Wildman–Crippen MR) is 67.6 cm³/mol. The summed E-state index contributed by atoms with van der Waals surface area (Å²) in [6.07, 6.45) is 5.66. The molecule has 0 aromatic heterocycles. The standard InChI is InChI=1S/C14H27NO/c1-5-6-7-16-12-8-14(9-12)10-15(11-14)13(2,3)4/h12H,5-11H2,1-4H3. The van der Waals surface area contributed by atoms with Gasteiger partial charge in [-0.3, -0.25) is 4.90 Å². The first-order chi connectivity index (χ1) is 7.45. The molecule has 0 bridgehead atoms. The summed E-state index contributed by atoms with van der Waals surface area (Å²) >= 11 is 0. The smallest absolute Gasteiger partial charge is 0.0587 e. The van der Waals surface area contributed by atoms with Crippen LogP contribution < -0.4 is 0 Å². The lowest BCUT2D eigenvalue weighted by molar-refractivity contribution is -0.171. The molecule has 0 unspecified atom stereocenters. The molecule has 2 fully saturated rings. The molecule has 16 heavy (non-hydrogen) atoms. The molecule has 2 nitrogen and oxygen atoms in total. The van der Waals surface area contributed by atoms with Gasteiger partial charge < -0.3 is 4.74 Å². The first kappa shape index (κ1) is 12.4. The Morgan fingerprint density at radius 2 is 1.88 bits per heavy atom. The Hall–Kier alpha value is -0.0800. The second-order valence-corrected chi connectivity index (χ2v) is 6.78. The van der Waals surface area contributed by atoms with Crippen LogP contribution in [0.3, 0.4) is 0 Å². The minimum atomic E-state index is 0.361. The normalized spacial score (nSPS) is 25.5. The van der Waals surface area contributed by atoms with E-state index in [0.29, 0.717) is 17.1 Å². The third-order valence-corrected chi connectivity index (χ3v) is 4.17. The van der Waals surface area contributed by atoms with Crippen molar-refractivity contribution in [1.82, 2.24) is 4.90 Å². The second-order valence-electron chi connectivity index (χ2n) is 6.78. The SMILES string of the molecule is CCCCOC1CC2(C1)CN(C(C)(C)C)C2. The van der Waals surface area contributed by atoms with Crippen molar-refractivity contribution in [1.29, 1.82) is 0 Å². The van der Waals surface area contributed by atoms with E-state index in [9.17, 15) is 0 Å². The molecule has 2 rings (SSSR count). The van der Waals surface area contributed by atoms with Crippen LogP contribution in [0.4, 0.5) is 0 Å². The summed E-state index contributed by atoms with van der Waals surface area (Å²) in [6.45, 7) is 12.7. The largest absolute Gasteiger partial charge is 0.378 e. The van der Waals surface area contributed by atoms with Crippen LogP contribution in [-0.4, -0.2) is 36.2 Å². The Morgan fingerprint density at radius 3 is 2.38 bits per heavy atom. The number of hydrogen-bond donors (Lipinski definition) is 0. The quantitative estimate of drug-likeness (QED) is 0.682. The van der Waals surface area contributed by atoms with E-state index in [-0.39, 0.29) is 0 Å². The maximum Gasteiger partial charge on any atom is 0.0587 e. The number of nitrogens with zero attached hydrogens (tertiary/aromatic N) is 1. The van der Waals surface area contributed by atoms with E-state index in [0.717, 1.165) is 6.61 Å². The molecule has 1 saturated heterocycles. The van der Waals surface area contributed by atoms with E-state index in [1.807, 2.05) is 0 Å². The van der Waals surface area contributed by atoms with Gasteiger partial charge in [-0.2, -0.15) is 0 Å². The molecule has 0 atom stereocenters. The molecule has 94 valence electrons. The molecule has 0 amide bonds. The Kier molecular flexibility index (Phi) is 3.33. The number of hydrogen-bond acceptors (Lipinski definition) is 2. The number of rotatable bonds is 4. The fraction of sp³-hybridized carbons (Fsp3) is 1.00. The zero-order chi connectivity index (χ0) is 11.8. The molecule has 2 aliphatic rings. The zero-order valence-electron chi connectivity index (χ0n) is 11.4. The van der Waals surface area contributed by atoms with Crippen molar-refractivity contribution in [3.05, 3.63) is 0 Å². The lowest BCUT2D eigenvalue weighted by Crippen LogP contribution is -2.68. The minimum absolute atomic E-state index is 0.361. The highest BCUT2D eigenvalue weighted by atomic mass is 16.5. The summed E-state index contributed by atoms with van der Waals surface area (Å²) in [5.41, 5.74) is 1.00. The van der Waals surface area contributed by atoms with Crippen molar-refractivity contribution in [2.45, 2.75) is 65.0 Å². The van der Waals surface area contributed by atoms with Crippen LogP contribution in [0.5, 0.6) is 0 Å². The van der Waals surface area contributed by atoms with Crippen molar-refractivity contribution in [3.63, 3.8) is 0 Å². The van der Waals surface area contributed by atoms with E-state index in [2.05, 4.69) is 32.6 Å². The first-order valence-corrected chi connectivity index (χ1v) is 6.82. The molecule has 1 heterocycles. The maximum absolute atomic E-state index is 5.85. The highest BCUT2D eigenvalue weighted by Gasteiger charge is 2.54. The molecule has 1 aliphatic carbocycles. The van der Waals surface area contributed by atoms with Gasteiger partial charge in [0.05, 0.1) is 6.10 Å². The summed E-state index contributed by atoms with van der Waals surface area (Å²) in [6, 6.07) is 0. The maximum atomic E-state index is 5.85. The van der Waals surface area contributed by atoms with Crippen LogP contribution in [0.25, 0.3) is 0 Å². The molecule has 2 heteroatoms. The van der Waals surface area contributed by atoms with Crippen LogP contribution in [-0.2, 0) is 4.74 Å². The topological polar surface area (TPSA) is 12.5 Å². The van der Waals surface area contributed by atoms with E-state index >= 15 is 0 Å². The van der Waals surface area contributed by atoms with E-state index < -0.39 is 0 Å². The van der Waals surface area contributed by atoms with Gasteiger partial charge in [0, 0.05) is 30.7 Å². The van der Waals surface area contributed by atoms with Gasteiger partial charge in [0.2, 0.25) is 0 Å². The molecular formula is C14H27NO. The summed E-state index contributed by atoms with van der Waals surface area (Å²) in [4.78, 5) is 2.59. The fourth-order valence-corrected chi connectivity index (χ4v) is 2.91. The molecule has 1 saturated carbocycles. The summed E-state index contributed by atoms with van der Waals surface area (Å²) in [5.74, 6) is 0. The number of unbranched alkanes of at least 4 members (excludes halogenated alkanes) is 1. The molecule has 0 aromatic carbocycles. The Morgan fingerprint density at radius 1 is 1.25 bits per heavy atom. The lowest BCUT2D eigenvalue weighted by Gasteiger charge is -2.62. The predicted octanol–water partition coefficient (Wildman–Crippen LogP) is 3.07. The van der Waals surface area contributed by atoms with Crippen LogP contribution in [0.15, 0.2) is 0 Å². The van der Waals surface area contributed by atoms with Gasteiger partial charge in [0.25, 0.3) is 0 Å². The average molecular weight is 225 g/mol. The lowest BCUT2D eigenvalue weighted by atomic mass is 9.61. The van der Waals surface area contributed by atoms with Crippen molar-refractivity contribution >= 4 is 0 Å². The second kappa shape index (κ2) is 4.30. The Bertz CT molecular complexity index is 230. The third-order valence-electron chi connectivity index (χ3n) is 4.17. The van der Waals surface area contributed by atoms with Gasteiger partial charge in [-0.05, 0) is 40.0 Å². The molecule has 1 aliphatic heterocycles. The molecule has 0 aromatic rings. The zero-order valence-corrected chi connectivity index (χ0v) is 11.4. The van der Waals surface area contributed by atoms with Crippen molar-refractivity contribution < 1.29 is 4.74 Å². The summed E-state index contributed by atoms with van der Waals surface area (Å²) in [7, 11) is 0. The Balaban J connectivity index is 1.63. The summed E-state index contributed by atoms with van der Waals surface area (Å²) < 4.78 is 5.85. The molecule has 1 spiro atoms. The van der Waals surface area contributed by atoms with Gasteiger partial charge >= 0.3 is 0 Å². The average Bonchev–Trinajstić information content (AvgIpc) is 2.03. The van der Waals surface area contributed by atoms with Gasteiger partial charge in [-0.1, -0.05) is 13.3 Å². The van der Waals surface area contributed by atoms with Crippen LogP contribution in [0.1, 0.15) is 53.4 Å². The first-order valence-electron chi connectivity index (χ1n) is 6.82. The van der Waals surface area contributed by atoms with Crippen molar-refractivity contribution in [2.75, 3.05) is 19.7 Å². The van der Waals surface area contributed by atoms with Gasteiger partial charge in [-0.15, -0.1) is 0 Å². The number of ether oxygens (including phenoxy) is 1. The monoisotopic (exact) mass is 225 g/mol. The third kappa shape index (κ3) is 2.43. The number of likely N-dealkylation sites (tertiary alicyclic amines) is 1. The van der Waals surface area contributed by atoms with Gasteiger partial charge in [-0.25, -0.2) is 0 Å². The van der Waals surface area contributed by atoms with Crippen molar-refractivity contribution in [2.24, 2.45) is 5.41 Å². The minimum Gasteiger partial charge on any atom is -0.378 e. The molecule has 0 radical (unpaired) electrons. The highest BCUT2D eigenvalue weighted by molar-refractivity contribution is 5.07. The van der Waals surface area contributed by atoms with Crippen LogP contribution in [0.2, 0.25) is 0 Å². The summed E-state index contributed by atoms with van der Waals surface area (Å²) in [5, 5.41) is 0. The van der Waals surface area contributed by atoms with Gasteiger partial charge in [0.1, 0.15) is 0 Å².